The topological polar surface area (TPSA) is 51.1 Å². The number of nitrogens with zero attached hydrogens (tertiary/aromatic N) is 4. The molecule has 2 aromatic heterocycles. The third-order valence-electron chi connectivity index (χ3n) is 3.25. The molecule has 2 aromatic rings. The molecule has 0 saturated carbocycles. The van der Waals surface area contributed by atoms with Crippen molar-refractivity contribution in [3.05, 3.63) is 23.7 Å². The van der Waals surface area contributed by atoms with E-state index in [1.54, 1.807) is 6.33 Å². The number of aryl methyl sites for hydroxylation is 2. The first kappa shape index (κ1) is 14.7. The Morgan fingerprint density at radius 2 is 2.05 bits per heavy atom. The molecule has 0 aromatic carbocycles. The summed E-state index contributed by atoms with van der Waals surface area (Å²) in [6.45, 7) is 9.64. The van der Waals surface area contributed by atoms with Gasteiger partial charge in [-0.05, 0) is 39.3 Å². The SMILES string of the molecule is CCO[C@@H](C)CN(C)c1ncnc2nc(C)cc(C)c12. The number of fused-ring (bicyclic) bond motifs is 1. The summed E-state index contributed by atoms with van der Waals surface area (Å²) in [5.41, 5.74) is 2.88. The predicted molar refractivity (Wildman–Crippen MR) is 81.2 cm³/mol. The van der Waals surface area contributed by atoms with E-state index in [2.05, 4.69) is 39.8 Å². The smallest absolute Gasteiger partial charge is 0.165 e. The lowest BCUT2D eigenvalue weighted by Crippen LogP contribution is -2.30. The average molecular weight is 274 g/mol. The van der Waals surface area contributed by atoms with Crippen LogP contribution in [0.15, 0.2) is 12.4 Å². The van der Waals surface area contributed by atoms with Crippen molar-refractivity contribution in [1.29, 1.82) is 0 Å². The molecule has 0 bridgehead atoms. The number of hydrogen-bond acceptors (Lipinski definition) is 5. The van der Waals surface area contributed by atoms with Crippen molar-refractivity contribution < 1.29 is 4.74 Å². The first-order valence-electron chi connectivity index (χ1n) is 6.94. The summed E-state index contributed by atoms with van der Waals surface area (Å²) in [7, 11) is 2.02. The molecule has 5 heteroatoms. The highest BCUT2D eigenvalue weighted by molar-refractivity contribution is 5.89. The summed E-state index contributed by atoms with van der Waals surface area (Å²) in [6.07, 6.45) is 1.74. The summed E-state index contributed by atoms with van der Waals surface area (Å²) >= 11 is 0. The quantitative estimate of drug-likeness (QED) is 0.838. The van der Waals surface area contributed by atoms with Gasteiger partial charge in [0.15, 0.2) is 5.65 Å². The van der Waals surface area contributed by atoms with E-state index < -0.39 is 0 Å². The fourth-order valence-electron chi connectivity index (χ4n) is 2.49. The van der Waals surface area contributed by atoms with Crippen molar-refractivity contribution >= 4 is 16.9 Å². The van der Waals surface area contributed by atoms with Gasteiger partial charge in [-0.2, -0.15) is 0 Å². The second-order valence-corrected chi connectivity index (χ2v) is 5.12. The van der Waals surface area contributed by atoms with E-state index in [1.165, 1.54) is 0 Å². The lowest BCUT2D eigenvalue weighted by molar-refractivity contribution is 0.0817. The Labute approximate surface area is 120 Å². The van der Waals surface area contributed by atoms with Gasteiger partial charge in [-0.25, -0.2) is 15.0 Å². The van der Waals surface area contributed by atoms with Gasteiger partial charge in [-0.3, -0.25) is 0 Å². The van der Waals surface area contributed by atoms with Crippen LogP contribution in [0.1, 0.15) is 25.1 Å². The van der Waals surface area contributed by atoms with Gasteiger partial charge < -0.3 is 9.64 Å². The second kappa shape index (κ2) is 6.13. The Kier molecular flexibility index (Phi) is 4.49. The third-order valence-corrected chi connectivity index (χ3v) is 3.25. The Morgan fingerprint density at radius 3 is 2.75 bits per heavy atom. The molecule has 108 valence electrons. The van der Waals surface area contributed by atoms with Crippen LogP contribution in [0, 0.1) is 13.8 Å². The monoisotopic (exact) mass is 274 g/mol. The van der Waals surface area contributed by atoms with E-state index in [9.17, 15) is 0 Å². The molecule has 5 nitrogen and oxygen atoms in total. The molecule has 0 radical (unpaired) electrons. The van der Waals surface area contributed by atoms with Crippen molar-refractivity contribution in [3.63, 3.8) is 0 Å². The Balaban J connectivity index is 2.39. The first-order chi connectivity index (χ1) is 9.52. The van der Waals surface area contributed by atoms with Crippen molar-refractivity contribution in [1.82, 2.24) is 15.0 Å². The number of rotatable bonds is 5. The maximum atomic E-state index is 5.59. The van der Waals surface area contributed by atoms with Crippen molar-refractivity contribution in [2.75, 3.05) is 25.1 Å². The summed E-state index contributed by atoms with van der Waals surface area (Å²) in [4.78, 5) is 15.3. The van der Waals surface area contributed by atoms with E-state index in [4.69, 9.17) is 4.74 Å². The molecule has 2 heterocycles. The number of likely N-dealkylation sites (N-methyl/N-ethyl adjacent to an activating group) is 1. The minimum atomic E-state index is 0.161. The van der Waals surface area contributed by atoms with E-state index in [0.717, 1.165) is 41.3 Å². The van der Waals surface area contributed by atoms with Gasteiger partial charge in [-0.1, -0.05) is 0 Å². The van der Waals surface area contributed by atoms with E-state index >= 15 is 0 Å². The number of ether oxygens (including phenoxy) is 1. The average Bonchev–Trinajstić information content (AvgIpc) is 2.37. The molecule has 0 aliphatic rings. The zero-order chi connectivity index (χ0) is 14.7. The van der Waals surface area contributed by atoms with Gasteiger partial charge in [0.1, 0.15) is 12.1 Å². The highest BCUT2D eigenvalue weighted by atomic mass is 16.5. The predicted octanol–water partition coefficient (Wildman–Crippen LogP) is 2.50. The normalized spacial score (nSPS) is 12.7. The minimum Gasteiger partial charge on any atom is -0.377 e. The fraction of sp³-hybridized carbons (Fsp3) is 0.533. The van der Waals surface area contributed by atoms with Crippen LogP contribution in [0.2, 0.25) is 0 Å². The molecular weight excluding hydrogens is 252 g/mol. The van der Waals surface area contributed by atoms with Crippen LogP contribution in [-0.2, 0) is 4.74 Å². The van der Waals surface area contributed by atoms with Gasteiger partial charge in [0, 0.05) is 25.9 Å². The standard InChI is InChI=1S/C15H22N4O/c1-6-20-12(4)8-19(5)15-13-10(2)7-11(3)18-14(13)16-9-17-15/h7,9,12H,6,8H2,1-5H3/t12-/m0/s1. The first-order valence-corrected chi connectivity index (χ1v) is 6.94. The number of hydrogen-bond donors (Lipinski definition) is 0. The Morgan fingerprint density at radius 1 is 1.30 bits per heavy atom. The maximum Gasteiger partial charge on any atom is 0.165 e. The van der Waals surface area contributed by atoms with Crippen molar-refractivity contribution in [2.45, 2.75) is 33.8 Å². The molecule has 0 fully saturated rings. The van der Waals surface area contributed by atoms with E-state index in [-0.39, 0.29) is 6.10 Å². The second-order valence-electron chi connectivity index (χ2n) is 5.12. The third kappa shape index (κ3) is 3.04. The van der Waals surface area contributed by atoms with Crippen LogP contribution in [-0.4, -0.2) is 41.3 Å². The van der Waals surface area contributed by atoms with Gasteiger partial charge in [-0.15, -0.1) is 0 Å². The summed E-state index contributed by atoms with van der Waals surface area (Å²) in [6, 6.07) is 2.06. The summed E-state index contributed by atoms with van der Waals surface area (Å²) < 4.78 is 5.59. The Bertz CT molecular complexity index is 600. The van der Waals surface area contributed by atoms with Crippen LogP contribution in [0.3, 0.4) is 0 Å². The molecule has 0 aliphatic heterocycles. The molecule has 1 atom stereocenters. The zero-order valence-electron chi connectivity index (χ0n) is 12.8. The highest BCUT2D eigenvalue weighted by Crippen LogP contribution is 2.25. The lowest BCUT2D eigenvalue weighted by atomic mass is 10.1. The largest absolute Gasteiger partial charge is 0.377 e. The van der Waals surface area contributed by atoms with Gasteiger partial charge in [0.2, 0.25) is 0 Å². The molecule has 0 saturated heterocycles. The minimum absolute atomic E-state index is 0.161. The van der Waals surface area contributed by atoms with Crippen LogP contribution in [0.5, 0.6) is 0 Å². The van der Waals surface area contributed by atoms with E-state index in [0.29, 0.717) is 0 Å². The van der Waals surface area contributed by atoms with Crippen LogP contribution >= 0.6 is 0 Å². The van der Waals surface area contributed by atoms with Gasteiger partial charge in [0.05, 0.1) is 11.5 Å². The van der Waals surface area contributed by atoms with Crippen molar-refractivity contribution in [2.24, 2.45) is 0 Å². The number of pyridine rings is 1. The lowest BCUT2D eigenvalue weighted by Gasteiger charge is -2.23. The molecule has 0 unspecified atom stereocenters. The molecule has 2 rings (SSSR count). The number of aromatic nitrogens is 3. The van der Waals surface area contributed by atoms with Crippen LogP contribution in [0.4, 0.5) is 5.82 Å². The fourth-order valence-corrected chi connectivity index (χ4v) is 2.49. The molecular formula is C15H22N4O. The van der Waals surface area contributed by atoms with Gasteiger partial charge in [0.25, 0.3) is 0 Å². The zero-order valence-corrected chi connectivity index (χ0v) is 12.8. The highest BCUT2D eigenvalue weighted by Gasteiger charge is 2.14. The molecule has 0 amide bonds. The van der Waals surface area contributed by atoms with E-state index in [1.807, 2.05) is 20.9 Å². The molecule has 20 heavy (non-hydrogen) atoms. The maximum absolute atomic E-state index is 5.59. The van der Waals surface area contributed by atoms with Crippen LogP contribution in [0.25, 0.3) is 11.0 Å². The number of anilines is 1. The Hall–Kier alpha value is -1.75. The molecule has 0 spiro atoms. The van der Waals surface area contributed by atoms with Gasteiger partial charge >= 0.3 is 0 Å². The molecule has 0 aliphatic carbocycles. The van der Waals surface area contributed by atoms with Crippen molar-refractivity contribution in [3.8, 4) is 0 Å². The summed E-state index contributed by atoms with van der Waals surface area (Å²) in [5, 5.41) is 1.02. The van der Waals surface area contributed by atoms with Crippen LogP contribution < -0.4 is 4.90 Å². The molecule has 0 N–H and O–H groups in total. The summed E-state index contributed by atoms with van der Waals surface area (Å²) in [5.74, 6) is 0.909.